The second-order valence-electron chi connectivity index (χ2n) is 3.22. The Morgan fingerprint density at radius 3 is 2.87 bits per heavy atom. The van der Waals surface area contributed by atoms with Gasteiger partial charge in [-0.2, -0.15) is 5.10 Å². The summed E-state index contributed by atoms with van der Waals surface area (Å²) in [6.07, 6.45) is 3.85. The average Bonchev–Trinajstić information content (AvgIpc) is 2.75. The van der Waals surface area contributed by atoms with Crippen molar-refractivity contribution in [1.29, 1.82) is 0 Å². The molecule has 0 unspecified atom stereocenters. The van der Waals surface area contributed by atoms with Crippen molar-refractivity contribution in [2.75, 3.05) is 11.9 Å². The third kappa shape index (κ3) is 2.54. The van der Waals surface area contributed by atoms with E-state index in [0.717, 1.165) is 21.2 Å². The highest BCUT2D eigenvalue weighted by atomic mass is 79.9. The van der Waals surface area contributed by atoms with Gasteiger partial charge in [0.15, 0.2) is 3.92 Å². The van der Waals surface area contributed by atoms with Gasteiger partial charge in [0.1, 0.15) is 0 Å². The molecule has 2 aromatic rings. The molecule has 0 aromatic carbocycles. The zero-order valence-corrected chi connectivity index (χ0v) is 10.8. The topological polar surface area (TPSA) is 46.8 Å². The highest BCUT2D eigenvalue weighted by Gasteiger charge is 2.08. The molecule has 0 amide bonds. The number of aryl methyl sites for hydroxylation is 1. The molecule has 2 aromatic heterocycles. The Labute approximate surface area is 99.9 Å². The van der Waals surface area contributed by atoms with Gasteiger partial charge in [-0.25, -0.2) is 0 Å². The van der Waals surface area contributed by atoms with Crippen LogP contribution in [0, 0.1) is 0 Å². The largest absolute Gasteiger partial charge is 0.345 e. The lowest BCUT2D eigenvalue weighted by atomic mass is 10.3. The zero-order chi connectivity index (χ0) is 10.8. The van der Waals surface area contributed by atoms with Crippen LogP contribution in [0.5, 0.6) is 0 Å². The van der Waals surface area contributed by atoms with Crippen molar-refractivity contribution in [1.82, 2.24) is 20.0 Å². The van der Waals surface area contributed by atoms with Gasteiger partial charge in [0.2, 0.25) is 5.13 Å². The lowest BCUT2D eigenvalue weighted by Crippen LogP contribution is -2.15. The molecular formula is C8H10BrN5S. The van der Waals surface area contributed by atoms with Crippen LogP contribution in [0.2, 0.25) is 0 Å². The molecule has 0 fully saturated rings. The first-order chi connectivity index (χ1) is 7.15. The summed E-state index contributed by atoms with van der Waals surface area (Å²) in [6.45, 7) is 0.787. The Morgan fingerprint density at radius 2 is 2.33 bits per heavy atom. The van der Waals surface area contributed by atoms with Gasteiger partial charge in [0.05, 0.1) is 6.20 Å². The normalized spacial score (nSPS) is 10.6. The average molecular weight is 288 g/mol. The van der Waals surface area contributed by atoms with Crippen molar-refractivity contribution in [3.05, 3.63) is 21.9 Å². The molecule has 0 bridgehead atoms. The standard InChI is InChI=1S/C8H10BrN5S/c1-13(8-12-11-7(9)15-8)4-6-3-10-14(2)5-6/h3,5H,4H2,1-2H3. The highest BCUT2D eigenvalue weighted by Crippen LogP contribution is 2.23. The number of halogens is 1. The maximum Gasteiger partial charge on any atom is 0.209 e. The van der Waals surface area contributed by atoms with Crippen LogP contribution in [0.3, 0.4) is 0 Å². The summed E-state index contributed by atoms with van der Waals surface area (Å²) in [5.74, 6) is 0. The van der Waals surface area contributed by atoms with E-state index in [1.807, 2.05) is 31.4 Å². The van der Waals surface area contributed by atoms with E-state index in [2.05, 4.69) is 31.2 Å². The predicted octanol–water partition coefficient (Wildman–Crippen LogP) is 1.67. The van der Waals surface area contributed by atoms with Gasteiger partial charge in [-0.05, 0) is 15.9 Å². The molecule has 0 atom stereocenters. The maximum absolute atomic E-state index is 4.12. The minimum atomic E-state index is 0.787. The Balaban J connectivity index is 2.06. The summed E-state index contributed by atoms with van der Waals surface area (Å²) in [7, 11) is 3.89. The van der Waals surface area contributed by atoms with Crippen LogP contribution in [-0.4, -0.2) is 27.0 Å². The quantitative estimate of drug-likeness (QED) is 0.862. The van der Waals surface area contributed by atoms with Gasteiger partial charge in [-0.15, -0.1) is 10.2 Å². The van der Waals surface area contributed by atoms with E-state index < -0.39 is 0 Å². The van der Waals surface area contributed by atoms with Crippen LogP contribution in [-0.2, 0) is 13.6 Å². The first-order valence-electron chi connectivity index (χ1n) is 4.33. The van der Waals surface area contributed by atoms with Gasteiger partial charge in [0.25, 0.3) is 0 Å². The second-order valence-corrected chi connectivity index (χ2v) is 5.45. The van der Waals surface area contributed by atoms with E-state index in [1.165, 1.54) is 11.3 Å². The fraction of sp³-hybridized carbons (Fsp3) is 0.375. The molecule has 80 valence electrons. The van der Waals surface area contributed by atoms with E-state index in [9.17, 15) is 0 Å². The number of hydrogen-bond acceptors (Lipinski definition) is 5. The zero-order valence-electron chi connectivity index (χ0n) is 8.38. The van der Waals surface area contributed by atoms with E-state index in [1.54, 1.807) is 4.68 Å². The van der Waals surface area contributed by atoms with Crippen molar-refractivity contribution in [2.45, 2.75) is 6.54 Å². The minimum Gasteiger partial charge on any atom is -0.345 e. The first-order valence-corrected chi connectivity index (χ1v) is 5.94. The van der Waals surface area contributed by atoms with Crippen molar-refractivity contribution in [3.8, 4) is 0 Å². The van der Waals surface area contributed by atoms with Crippen LogP contribution >= 0.6 is 27.3 Å². The Bertz CT molecular complexity index is 451. The maximum atomic E-state index is 4.12. The fourth-order valence-electron chi connectivity index (χ4n) is 1.25. The lowest BCUT2D eigenvalue weighted by Gasteiger charge is -2.12. The van der Waals surface area contributed by atoms with Gasteiger partial charge in [-0.1, -0.05) is 11.3 Å². The smallest absolute Gasteiger partial charge is 0.209 e. The van der Waals surface area contributed by atoms with Crippen LogP contribution in [0.25, 0.3) is 0 Å². The van der Waals surface area contributed by atoms with Gasteiger partial charge >= 0.3 is 0 Å². The number of anilines is 1. The Kier molecular flexibility index (Phi) is 3.01. The van der Waals surface area contributed by atoms with E-state index >= 15 is 0 Å². The number of rotatable bonds is 3. The summed E-state index contributed by atoms with van der Waals surface area (Å²) in [6, 6.07) is 0. The SMILES string of the molecule is CN(Cc1cnn(C)c1)c1nnc(Br)s1. The molecule has 5 nitrogen and oxygen atoms in total. The number of aromatic nitrogens is 4. The van der Waals surface area contributed by atoms with Crippen molar-refractivity contribution < 1.29 is 0 Å². The van der Waals surface area contributed by atoms with Gasteiger partial charge in [0, 0.05) is 32.4 Å². The van der Waals surface area contributed by atoms with Crippen LogP contribution in [0.15, 0.2) is 16.3 Å². The van der Waals surface area contributed by atoms with E-state index in [4.69, 9.17) is 0 Å². The Morgan fingerprint density at radius 1 is 1.53 bits per heavy atom. The molecule has 0 spiro atoms. The van der Waals surface area contributed by atoms with E-state index in [-0.39, 0.29) is 0 Å². The molecular weight excluding hydrogens is 278 g/mol. The minimum absolute atomic E-state index is 0.787. The molecule has 0 aliphatic carbocycles. The third-order valence-corrected chi connectivity index (χ3v) is 3.36. The summed E-state index contributed by atoms with van der Waals surface area (Å²) < 4.78 is 2.59. The Hall–Kier alpha value is -0.950. The summed E-state index contributed by atoms with van der Waals surface area (Å²) >= 11 is 4.81. The molecule has 15 heavy (non-hydrogen) atoms. The van der Waals surface area contributed by atoms with Crippen LogP contribution in [0.1, 0.15) is 5.56 Å². The van der Waals surface area contributed by atoms with Crippen molar-refractivity contribution >= 4 is 32.4 Å². The van der Waals surface area contributed by atoms with Crippen LogP contribution < -0.4 is 4.90 Å². The predicted molar refractivity (Wildman–Crippen MR) is 62.9 cm³/mol. The number of hydrogen-bond donors (Lipinski definition) is 0. The van der Waals surface area contributed by atoms with Crippen molar-refractivity contribution in [3.63, 3.8) is 0 Å². The van der Waals surface area contributed by atoms with Gasteiger partial charge < -0.3 is 4.90 Å². The summed E-state index contributed by atoms with van der Waals surface area (Å²) in [5, 5.41) is 13.0. The molecule has 2 rings (SSSR count). The number of nitrogens with zero attached hydrogens (tertiary/aromatic N) is 5. The molecule has 0 N–H and O–H groups in total. The second kappa shape index (κ2) is 4.28. The highest BCUT2D eigenvalue weighted by molar-refractivity contribution is 9.11. The molecule has 2 heterocycles. The molecule has 0 radical (unpaired) electrons. The molecule has 0 aliphatic rings. The third-order valence-electron chi connectivity index (χ3n) is 1.89. The fourth-order valence-corrected chi connectivity index (χ4v) is 2.30. The molecule has 7 heteroatoms. The van der Waals surface area contributed by atoms with Crippen LogP contribution in [0.4, 0.5) is 5.13 Å². The van der Waals surface area contributed by atoms with E-state index in [0.29, 0.717) is 0 Å². The molecule has 0 aliphatic heterocycles. The van der Waals surface area contributed by atoms with Gasteiger partial charge in [-0.3, -0.25) is 4.68 Å². The lowest BCUT2D eigenvalue weighted by molar-refractivity contribution is 0.766. The molecule has 0 saturated heterocycles. The first kappa shape index (κ1) is 10.6. The summed E-state index contributed by atoms with van der Waals surface area (Å²) in [5.41, 5.74) is 1.16. The monoisotopic (exact) mass is 287 g/mol. The molecule has 0 saturated carbocycles. The summed E-state index contributed by atoms with van der Waals surface area (Å²) in [4.78, 5) is 2.04. The van der Waals surface area contributed by atoms with Crippen molar-refractivity contribution in [2.24, 2.45) is 7.05 Å².